The van der Waals surface area contributed by atoms with Gasteiger partial charge in [0.05, 0.1) is 29.2 Å². The van der Waals surface area contributed by atoms with E-state index < -0.39 is 0 Å². The fraction of sp³-hybridized carbons (Fsp3) is 0.333. The van der Waals surface area contributed by atoms with Gasteiger partial charge in [-0.3, -0.25) is 8.61 Å². The van der Waals surface area contributed by atoms with Gasteiger partial charge in [-0.15, -0.1) is 0 Å². The van der Waals surface area contributed by atoms with Gasteiger partial charge in [0.25, 0.3) is 0 Å². The van der Waals surface area contributed by atoms with E-state index in [0.29, 0.717) is 0 Å². The van der Waals surface area contributed by atoms with Crippen LogP contribution >= 0.6 is 12.1 Å². The fourth-order valence-electron chi connectivity index (χ4n) is 3.21. The van der Waals surface area contributed by atoms with Crippen LogP contribution in [0, 0.1) is 5.92 Å². The number of piperidine rings is 1. The molecule has 0 atom stereocenters. The molecule has 0 radical (unpaired) electrons. The van der Waals surface area contributed by atoms with Gasteiger partial charge in [-0.25, -0.2) is 0 Å². The van der Waals surface area contributed by atoms with Crippen LogP contribution in [0.25, 0.3) is 0 Å². The zero-order chi connectivity index (χ0) is 14.8. The molecule has 2 aliphatic heterocycles. The van der Waals surface area contributed by atoms with Crippen LogP contribution in [0.15, 0.2) is 54.6 Å². The maximum Gasteiger partial charge on any atom is 0.0784 e. The summed E-state index contributed by atoms with van der Waals surface area (Å²) in [4.78, 5) is 0. The number of hydrogen-bond acceptors (Lipinski definition) is 4. The van der Waals surface area contributed by atoms with Gasteiger partial charge in [-0.1, -0.05) is 30.3 Å². The number of nitrogens with zero attached hydrogens (tertiary/aromatic N) is 2. The fourth-order valence-corrected chi connectivity index (χ4v) is 4.39. The summed E-state index contributed by atoms with van der Waals surface area (Å²) < 4.78 is 4.81. The molecule has 1 fully saturated rings. The lowest BCUT2D eigenvalue weighted by molar-refractivity contribution is 0.384. The smallest absolute Gasteiger partial charge is 0.0784 e. The van der Waals surface area contributed by atoms with Crippen LogP contribution in [0.1, 0.15) is 12.8 Å². The third-order valence-corrected chi connectivity index (χ3v) is 5.54. The quantitative estimate of drug-likeness (QED) is 0.856. The third-order valence-electron chi connectivity index (χ3n) is 4.42. The van der Waals surface area contributed by atoms with E-state index in [2.05, 4.69) is 68.5 Å². The Morgan fingerprint density at radius 3 is 2.36 bits per heavy atom. The first kappa shape index (κ1) is 14.0. The van der Waals surface area contributed by atoms with E-state index in [1.165, 1.54) is 29.9 Å². The van der Waals surface area contributed by atoms with Gasteiger partial charge in [0.2, 0.25) is 0 Å². The molecule has 2 aliphatic rings. The second-order valence-corrected chi connectivity index (χ2v) is 6.92. The van der Waals surface area contributed by atoms with Crippen molar-refractivity contribution >= 4 is 29.2 Å². The van der Waals surface area contributed by atoms with Gasteiger partial charge < -0.3 is 5.32 Å². The minimum atomic E-state index is 0.789. The Balaban J connectivity index is 1.59. The monoisotopic (exact) mass is 311 g/mol. The van der Waals surface area contributed by atoms with Crippen molar-refractivity contribution < 1.29 is 0 Å². The molecule has 0 spiro atoms. The van der Waals surface area contributed by atoms with Crippen molar-refractivity contribution in [3.05, 3.63) is 54.6 Å². The van der Waals surface area contributed by atoms with E-state index in [1.54, 1.807) is 0 Å². The molecule has 0 unspecified atom stereocenters. The summed E-state index contributed by atoms with van der Waals surface area (Å²) in [5.41, 5.74) is 3.88. The molecule has 4 heteroatoms. The van der Waals surface area contributed by atoms with Crippen molar-refractivity contribution in [2.75, 3.05) is 28.2 Å². The molecule has 0 amide bonds. The summed E-state index contributed by atoms with van der Waals surface area (Å²) >= 11 is 1.83. The van der Waals surface area contributed by atoms with E-state index in [9.17, 15) is 0 Å². The number of anilines is 3. The van der Waals surface area contributed by atoms with Crippen molar-refractivity contribution in [3.8, 4) is 0 Å². The molecular weight excluding hydrogens is 290 g/mol. The molecule has 0 bridgehead atoms. The highest BCUT2D eigenvalue weighted by molar-refractivity contribution is 8.02. The second-order valence-electron chi connectivity index (χ2n) is 5.95. The third kappa shape index (κ3) is 2.69. The molecule has 4 rings (SSSR count). The Morgan fingerprint density at radius 2 is 1.59 bits per heavy atom. The van der Waals surface area contributed by atoms with E-state index in [-0.39, 0.29) is 0 Å². The lowest BCUT2D eigenvalue weighted by Crippen LogP contribution is -2.33. The normalized spacial score (nSPS) is 18.5. The predicted molar refractivity (Wildman–Crippen MR) is 95.6 cm³/mol. The maximum absolute atomic E-state index is 3.46. The summed E-state index contributed by atoms with van der Waals surface area (Å²) in [7, 11) is 0. The highest BCUT2D eigenvalue weighted by Gasteiger charge is 2.30. The minimum absolute atomic E-state index is 0.789. The Morgan fingerprint density at radius 1 is 0.909 bits per heavy atom. The average Bonchev–Trinajstić information content (AvgIpc) is 2.96. The predicted octanol–water partition coefficient (Wildman–Crippen LogP) is 4.21. The number of rotatable bonds is 3. The van der Waals surface area contributed by atoms with Crippen LogP contribution < -0.4 is 13.9 Å². The highest BCUT2D eigenvalue weighted by atomic mass is 32.2. The molecule has 2 aromatic carbocycles. The first-order valence-electron chi connectivity index (χ1n) is 8.02. The molecule has 0 aromatic heterocycles. The lowest BCUT2D eigenvalue weighted by Gasteiger charge is -2.27. The van der Waals surface area contributed by atoms with Crippen LogP contribution in [0.3, 0.4) is 0 Å². The van der Waals surface area contributed by atoms with Gasteiger partial charge in [-0.2, -0.15) is 0 Å². The number of benzene rings is 2. The average molecular weight is 311 g/mol. The van der Waals surface area contributed by atoms with Crippen LogP contribution in [0.4, 0.5) is 17.1 Å². The van der Waals surface area contributed by atoms with Crippen molar-refractivity contribution in [3.63, 3.8) is 0 Å². The van der Waals surface area contributed by atoms with Gasteiger partial charge >= 0.3 is 0 Å². The zero-order valence-corrected chi connectivity index (χ0v) is 13.4. The molecule has 1 saturated heterocycles. The molecule has 0 saturated carbocycles. The van der Waals surface area contributed by atoms with Crippen molar-refractivity contribution in [2.45, 2.75) is 12.8 Å². The van der Waals surface area contributed by atoms with Crippen molar-refractivity contribution in [2.24, 2.45) is 5.92 Å². The van der Waals surface area contributed by atoms with E-state index in [1.807, 2.05) is 12.1 Å². The number of para-hydroxylation sites is 3. The molecule has 2 heterocycles. The van der Waals surface area contributed by atoms with Gasteiger partial charge in [-0.05, 0) is 56.1 Å². The van der Waals surface area contributed by atoms with Gasteiger partial charge in [0, 0.05) is 6.54 Å². The number of hydrogen-bond donors (Lipinski definition) is 1. The molecular formula is C18H21N3S. The zero-order valence-electron chi connectivity index (χ0n) is 12.6. The molecule has 114 valence electrons. The maximum atomic E-state index is 3.46. The molecule has 22 heavy (non-hydrogen) atoms. The summed E-state index contributed by atoms with van der Waals surface area (Å²) in [5.74, 6) is 0.789. The Labute approximate surface area is 136 Å². The first-order chi connectivity index (χ1) is 10.9. The van der Waals surface area contributed by atoms with Crippen molar-refractivity contribution in [1.29, 1.82) is 0 Å². The topological polar surface area (TPSA) is 18.5 Å². The molecule has 0 aliphatic carbocycles. The van der Waals surface area contributed by atoms with Crippen LogP contribution in [0.2, 0.25) is 0 Å². The number of fused-ring (bicyclic) bond motifs is 1. The molecule has 1 N–H and O–H groups in total. The van der Waals surface area contributed by atoms with E-state index in [0.717, 1.165) is 25.6 Å². The summed E-state index contributed by atoms with van der Waals surface area (Å²) in [6.07, 6.45) is 2.56. The molecule has 2 aromatic rings. The standard InChI is InChI=1S/C18H21N3S/c1-2-6-16(7-3-1)21-18-9-5-4-8-17(18)20(22-21)14-15-10-12-19-13-11-15/h1-9,15,19H,10-14H2. The Bertz CT molecular complexity index is 625. The summed E-state index contributed by atoms with van der Waals surface area (Å²) in [5, 5.41) is 3.46. The highest BCUT2D eigenvalue weighted by Crippen LogP contribution is 2.49. The Hall–Kier alpha value is -1.65. The lowest BCUT2D eigenvalue weighted by atomic mass is 9.98. The van der Waals surface area contributed by atoms with Gasteiger partial charge in [0.15, 0.2) is 0 Å². The SMILES string of the molecule is c1ccc(N2SN(CC3CCNCC3)c3ccccc32)cc1. The van der Waals surface area contributed by atoms with E-state index in [4.69, 9.17) is 0 Å². The first-order valence-corrected chi connectivity index (χ1v) is 8.75. The van der Waals surface area contributed by atoms with Crippen molar-refractivity contribution in [1.82, 2.24) is 5.32 Å². The summed E-state index contributed by atoms with van der Waals surface area (Å²) in [6.45, 7) is 3.45. The van der Waals surface area contributed by atoms with Gasteiger partial charge in [0.1, 0.15) is 0 Å². The van der Waals surface area contributed by atoms with E-state index >= 15 is 0 Å². The van der Waals surface area contributed by atoms with Crippen LogP contribution in [0.5, 0.6) is 0 Å². The summed E-state index contributed by atoms with van der Waals surface area (Å²) in [6, 6.07) is 19.4. The minimum Gasteiger partial charge on any atom is -0.317 e. The second kappa shape index (κ2) is 6.23. The number of nitrogens with one attached hydrogen (secondary N) is 1. The Kier molecular flexibility index (Phi) is 3.95. The van der Waals surface area contributed by atoms with Crippen LogP contribution in [-0.4, -0.2) is 19.6 Å². The van der Waals surface area contributed by atoms with Crippen LogP contribution in [-0.2, 0) is 0 Å². The molecule has 3 nitrogen and oxygen atoms in total. The largest absolute Gasteiger partial charge is 0.317 e.